The van der Waals surface area contributed by atoms with Crippen LogP contribution in [-0.4, -0.2) is 40.7 Å². The topological polar surface area (TPSA) is 73.7 Å². The van der Waals surface area contributed by atoms with Gasteiger partial charge in [0.2, 0.25) is 0 Å². The molecule has 0 spiro atoms. The molecule has 0 unspecified atom stereocenters. The SMILES string of the molecule is CC(C)(C)O.CCN1Cc2cc(C)cnc2-c2c(C)c(-c3ccc(C)cc3C)c(CC=O)c(C)c21.CO. The number of aromatic nitrogens is 1. The van der Waals surface area contributed by atoms with Crippen LogP contribution in [0, 0.1) is 34.6 Å². The molecule has 37 heavy (non-hydrogen) atoms. The molecule has 5 heteroatoms. The van der Waals surface area contributed by atoms with E-state index in [1.165, 1.54) is 55.8 Å². The lowest BCUT2D eigenvalue weighted by Gasteiger charge is -2.36. The van der Waals surface area contributed by atoms with E-state index in [1.807, 2.05) is 6.20 Å². The maximum atomic E-state index is 11.7. The van der Waals surface area contributed by atoms with Gasteiger partial charge in [-0.2, -0.15) is 0 Å². The molecule has 2 N–H and O–H groups in total. The number of anilines is 1. The fourth-order valence-corrected chi connectivity index (χ4v) is 5.06. The third-order valence-electron chi connectivity index (χ3n) is 6.43. The highest BCUT2D eigenvalue weighted by atomic mass is 16.3. The van der Waals surface area contributed by atoms with Crippen LogP contribution in [-0.2, 0) is 17.8 Å². The van der Waals surface area contributed by atoms with Gasteiger partial charge in [0.05, 0.1) is 17.0 Å². The summed E-state index contributed by atoms with van der Waals surface area (Å²) in [7, 11) is 1.00. The van der Waals surface area contributed by atoms with Crippen LogP contribution in [0.25, 0.3) is 22.4 Å². The van der Waals surface area contributed by atoms with Crippen molar-refractivity contribution in [2.45, 2.75) is 80.9 Å². The van der Waals surface area contributed by atoms with Gasteiger partial charge in [-0.3, -0.25) is 4.98 Å². The minimum Gasteiger partial charge on any atom is -0.400 e. The molecule has 2 heterocycles. The third-order valence-corrected chi connectivity index (χ3v) is 6.43. The number of aliphatic hydroxyl groups is 2. The van der Waals surface area contributed by atoms with Gasteiger partial charge >= 0.3 is 0 Å². The highest BCUT2D eigenvalue weighted by Gasteiger charge is 2.30. The summed E-state index contributed by atoms with van der Waals surface area (Å²) in [5.74, 6) is 0. The van der Waals surface area contributed by atoms with Crippen LogP contribution in [0.5, 0.6) is 0 Å². The largest absolute Gasteiger partial charge is 0.400 e. The summed E-state index contributed by atoms with van der Waals surface area (Å²) < 4.78 is 0. The number of carbonyl (C=O) groups excluding carboxylic acids is 1. The summed E-state index contributed by atoms with van der Waals surface area (Å²) in [5.41, 5.74) is 14.0. The molecule has 0 saturated carbocycles. The molecule has 0 radical (unpaired) electrons. The minimum atomic E-state index is -0.500. The number of hydrogen-bond donors (Lipinski definition) is 2. The van der Waals surface area contributed by atoms with E-state index < -0.39 is 5.60 Å². The number of aliphatic hydroxyl groups excluding tert-OH is 1. The average molecular weight is 505 g/mol. The molecule has 0 fully saturated rings. The smallest absolute Gasteiger partial charge is 0.124 e. The number of hydrogen-bond acceptors (Lipinski definition) is 5. The molecule has 3 aromatic rings. The first-order valence-electron chi connectivity index (χ1n) is 12.9. The van der Waals surface area contributed by atoms with Crippen LogP contribution in [0.2, 0.25) is 0 Å². The van der Waals surface area contributed by atoms with E-state index in [0.29, 0.717) is 6.42 Å². The van der Waals surface area contributed by atoms with Crippen molar-refractivity contribution in [2.75, 3.05) is 18.6 Å². The van der Waals surface area contributed by atoms with Crippen molar-refractivity contribution >= 4 is 12.0 Å². The molecule has 0 bridgehead atoms. The standard InChI is InChI=1S/C27H30N2O.C4H10O.CH4O/c1-7-29-15-21-13-17(3)14-28-26(21)25-20(6)24(22-9-8-16(2)12-18(22)4)23(10-11-30)19(5)27(25)29;1-4(2,3)5;1-2/h8-9,11-14H,7,10,15H2,1-6H3;5H,1-3H3;2H,1H3. The Labute approximate surface area is 223 Å². The number of carbonyl (C=O) groups is 1. The van der Waals surface area contributed by atoms with E-state index in [0.717, 1.165) is 37.7 Å². The second-order valence-electron chi connectivity index (χ2n) is 10.7. The van der Waals surface area contributed by atoms with Crippen LogP contribution in [0.4, 0.5) is 5.69 Å². The lowest BCUT2D eigenvalue weighted by atomic mass is 9.81. The van der Waals surface area contributed by atoms with Crippen LogP contribution >= 0.6 is 0 Å². The van der Waals surface area contributed by atoms with Gasteiger partial charge in [-0.05, 0) is 107 Å². The number of benzene rings is 2. The van der Waals surface area contributed by atoms with E-state index in [4.69, 9.17) is 15.2 Å². The maximum absolute atomic E-state index is 11.7. The monoisotopic (exact) mass is 504 g/mol. The zero-order valence-corrected chi connectivity index (χ0v) is 24.3. The number of fused-ring (bicyclic) bond motifs is 3. The number of aryl methyl sites for hydroxylation is 3. The highest BCUT2D eigenvalue weighted by molar-refractivity contribution is 5.94. The molecule has 0 atom stereocenters. The Morgan fingerprint density at radius 2 is 1.59 bits per heavy atom. The number of pyridine rings is 1. The zero-order chi connectivity index (χ0) is 28.1. The molecule has 1 aliphatic rings. The van der Waals surface area contributed by atoms with Crippen molar-refractivity contribution < 1.29 is 15.0 Å². The van der Waals surface area contributed by atoms with Gasteiger partial charge in [0.1, 0.15) is 6.29 Å². The van der Waals surface area contributed by atoms with Crippen molar-refractivity contribution in [2.24, 2.45) is 0 Å². The first-order chi connectivity index (χ1) is 17.4. The van der Waals surface area contributed by atoms with Gasteiger partial charge in [-0.1, -0.05) is 29.8 Å². The predicted octanol–water partition coefficient (Wildman–Crippen LogP) is 6.42. The van der Waals surface area contributed by atoms with Crippen LogP contribution in [0.3, 0.4) is 0 Å². The molecular formula is C32H44N2O3. The summed E-state index contributed by atoms with van der Waals surface area (Å²) in [6.45, 7) is 20.0. The van der Waals surface area contributed by atoms with Gasteiger partial charge < -0.3 is 19.9 Å². The Morgan fingerprint density at radius 3 is 2.14 bits per heavy atom. The summed E-state index contributed by atoms with van der Waals surface area (Å²) >= 11 is 0. The first kappa shape index (κ1) is 30.2. The van der Waals surface area contributed by atoms with Crippen molar-refractivity contribution in [3.63, 3.8) is 0 Å². The minimum absolute atomic E-state index is 0.425. The van der Waals surface area contributed by atoms with Gasteiger partial charge in [-0.25, -0.2) is 0 Å². The molecule has 1 aliphatic heterocycles. The van der Waals surface area contributed by atoms with Crippen molar-refractivity contribution in [1.29, 1.82) is 0 Å². The van der Waals surface area contributed by atoms with E-state index >= 15 is 0 Å². The van der Waals surface area contributed by atoms with Crippen LogP contribution in [0.15, 0.2) is 30.5 Å². The first-order valence-corrected chi connectivity index (χ1v) is 12.9. The predicted molar refractivity (Wildman–Crippen MR) is 155 cm³/mol. The molecule has 1 aromatic heterocycles. The Kier molecular flexibility index (Phi) is 10.2. The van der Waals surface area contributed by atoms with Gasteiger partial charge in [-0.15, -0.1) is 0 Å². The molecule has 200 valence electrons. The summed E-state index contributed by atoms with van der Waals surface area (Å²) in [4.78, 5) is 19.0. The number of aldehydes is 1. The van der Waals surface area contributed by atoms with E-state index in [-0.39, 0.29) is 0 Å². The fraction of sp³-hybridized carbons (Fsp3) is 0.438. The Hall–Kier alpha value is -3.02. The third kappa shape index (κ3) is 6.85. The van der Waals surface area contributed by atoms with Gasteiger partial charge in [0.25, 0.3) is 0 Å². The van der Waals surface area contributed by atoms with Gasteiger partial charge in [0, 0.05) is 38.4 Å². The summed E-state index contributed by atoms with van der Waals surface area (Å²) in [5, 5.41) is 15.5. The molecule has 0 saturated heterocycles. The molecule has 0 aliphatic carbocycles. The zero-order valence-electron chi connectivity index (χ0n) is 24.3. The van der Waals surface area contributed by atoms with E-state index in [1.54, 1.807) is 20.8 Å². The lowest BCUT2D eigenvalue weighted by Crippen LogP contribution is -2.28. The number of rotatable bonds is 4. The van der Waals surface area contributed by atoms with Crippen LogP contribution < -0.4 is 4.90 Å². The van der Waals surface area contributed by atoms with E-state index in [9.17, 15) is 4.79 Å². The highest BCUT2D eigenvalue weighted by Crippen LogP contribution is 2.48. The number of nitrogens with zero attached hydrogens (tertiary/aromatic N) is 2. The Morgan fingerprint density at radius 1 is 0.973 bits per heavy atom. The second-order valence-corrected chi connectivity index (χ2v) is 10.7. The average Bonchev–Trinajstić information content (AvgIpc) is 2.82. The quantitative estimate of drug-likeness (QED) is 0.401. The lowest BCUT2D eigenvalue weighted by molar-refractivity contribution is -0.107. The Balaban J connectivity index is 0.000000617. The normalized spacial score (nSPS) is 11.9. The van der Waals surface area contributed by atoms with E-state index in [2.05, 4.69) is 70.7 Å². The molecular weight excluding hydrogens is 460 g/mol. The van der Waals surface area contributed by atoms with Crippen molar-refractivity contribution in [1.82, 2.24) is 4.98 Å². The van der Waals surface area contributed by atoms with Crippen molar-refractivity contribution in [3.8, 4) is 22.4 Å². The second kappa shape index (κ2) is 12.5. The van der Waals surface area contributed by atoms with Gasteiger partial charge in [0.15, 0.2) is 0 Å². The van der Waals surface area contributed by atoms with Crippen molar-refractivity contribution in [3.05, 3.63) is 69.4 Å². The maximum Gasteiger partial charge on any atom is 0.124 e. The molecule has 0 amide bonds. The Bertz CT molecular complexity index is 1250. The fourth-order valence-electron chi connectivity index (χ4n) is 5.06. The molecule has 2 aromatic carbocycles. The summed E-state index contributed by atoms with van der Waals surface area (Å²) in [6, 6.07) is 8.85. The van der Waals surface area contributed by atoms with Crippen LogP contribution in [0.1, 0.15) is 66.6 Å². The summed E-state index contributed by atoms with van der Waals surface area (Å²) in [6.07, 6.45) is 3.43. The molecule has 5 nitrogen and oxygen atoms in total. The molecule has 4 rings (SSSR count).